The Kier molecular flexibility index (Phi) is 4.47. The number of carboxylic acids is 1. The highest BCUT2D eigenvalue weighted by Gasteiger charge is 2.52. The summed E-state index contributed by atoms with van der Waals surface area (Å²) in [5.41, 5.74) is 6.44. The maximum absolute atomic E-state index is 11.3. The number of nitrogens with two attached hydrogens (primary N) is 1. The molecule has 6 heteroatoms. The SMILES string of the molecule is CC1(C)OB(C(=Cc2ccccc2C(=O)O)CN)OC1(C)C. The van der Waals surface area contributed by atoms with Gasteiger partial charge in [0.15, 0.2) is 0 Å². The third-order valence-corrected chi connectivity index (χ3v) is 4.32. The summed E-state index contributed by atoms with van der Waals surface area (Å²) in [6.07, 6.45) is 1.74. The van der Waals surface area contributed by atoms with Crippen molar-refractivity contribution in [2.45, 2.75) is 38.9 Å². The van der Waals surface area contributed by atoms with Gasteiger partial charge in [0.25, 0.3) is 0 Å². The Labute approximate surface area is 131 Å². The molecule has 1 fully saturated rings. The van der Waals surface area contributed by atoms with Gasteiger partial charge in [-0.3, -0.25) is 0 Å². The van der Waals surface area contributed by atoms with Crippen molar-refractivity contribution in [3.63, 3.8) is 0 Å². The van der Waals surface area contributed by atoms with E-state index in [0.29, 0.717) is 11.0 Å². The fraction of sp³-hybridized carbons (Fsp3) is 0.438. The van der Waals surface area contributed by atoms with Gasteiger partial charge in [-0.25, -0.2) is 4.79 Å². The Morgan fingerprint density at radius 1 is 1.23 bits per heavy atom. The summed E-state index contributed by atoms with van der Waals surface area (Å²) < 4.78 is 11.9. The van der Waals surface area contributed by atoms with Crippen molar-refractivity contribution in [3.05, 3.63) is 40.9 Å². The molecule has 2 rings (SSSR count). The van der Waals surface area contributed by atoms with Crippen molar-refractivity contribution >= 4 is 19.2 Å². The van der Waals surface area contributed by atoms with Crippen molar-refractivity contribution < 1.29 is 19.2 Å². The molecule has 0 spiro atoms. The molecule has 0 atom stereocenters. The van der Waals surface area contributed by atoms with E-state index >= 15 is 0 Å². The van der Waals surface area contributed by atoms with Crippen LogP contribution in [0.4, 0.5) is 0 Å². The summed E-state index contributed by atoms with van der Waals surface area (Å²) in [5, 5.41) is 9.26. The second kappa shape index (κ2) is 5.87. The molecule has 3 N–H and O–H groups in total. The molecular weight excluding hydrogens is 281 g/mol. The van der Waals surface area contributed by atoms with Gasteiger partial charge in [-0.2, -0.15) is 0 Å². The Morgan fingerprint density at radius 2 is 1.77 bits per heavy atom. The van der Waals surface area contributed by atoms with Crippen LogP contribution < -0.4 is 5.73 Å². The number of rotatable bonds is 4. The summed E-state index contributed by atoms with van der Waals surface area (Å²) in [7, 11) is -0.572. The smallest absolute Gasteiger partial charge is 0.478 e. The van der Waals surface area contributed by atoms with Gasteiger partial charge in [0.2, 0.25) is 0 Å². The van der Waals surface area contributed by atoms with E-state index in [2.05, 4.69) is 0 Å². The van der Waals surface area contributed by atoms with Gasteiger partial charge in [-0.05, 0) is 44.8 Å². The lowest BCUT2D eigenvalue weighted by atomic mass is 9.77. The molecule has 0 saturated carbocycles. The summed E-state index contributed by atoms with van der Waals surface area (Å²) in [5.74, 6) is -0.975. The molecule has 0 amide bonds. The van der Waals surface area contributed by atoms with Crippen LogP contribution in [0.3, 0.4) is 0 Å². The first-order valence-electron chi connectivity index (χ1n) is 7.26. The molecular formula is C16H22BNO4. The average molecular weight is 303 g/mol. The highest BCUT2D eigenvalue weighted by Crippen LogP contribution is 2.38. The molecule has 1 heterocycles. The van der Waals surface area contributed by atoms with E-state index < -0.39 is 24.3 Å². The molecule has 1 aliphatic rings. The third kappa shape index (κ3) is 3.09. The maximum Gasteiger partial charge on any atom is 0.491 e. The first-order chi connectivity index (χ1) is 10.2. The summed E-state index contributed by atoms with van der Waals surface area (Å²) in [6, 6.07) is 6.78. The second-order valence-corrected chi connectivity index (χ2v) is 6.40. The number of hydrogen-bond donors (Lipinski definition) is 2. The molecule has 0 unspecified atom stereocenters. The van der Waals surface area contributed by atoms with E-state index in [1.807, 2.05) is 27.7 Å². The standard InChI is InChI=1S/C16H22BNO4/c1-15(2)16(3,4)22-17(21-15)12(10-18)9-11-7-5-6-8-13(11)14(19)20/h5-9H,10,18H2,1-4H3,(H,19,20). The topological polar surface area (TPSA) is 81.8 Å². The highest BCUT2D eigenvalue weighted by molar-refractivity contribution is 6.56. The molecule has 0 aromatic heterocycles. The van der Waals surface area contributed by atoms with Crippen LogP contribution >= 0.6 is 0 Å². The quantitative estimate of drug-likeness (QED) is 0.834. The minimum Gasteiger partial charge on any atom is -0.478 e. The molecule has 5 nitrogen and oxygen atoms in total. The lowest BCUT2D eigenvalue weighted by Crippen LogP contribution is -2.41. The number of benzene rings is 1. The van der Waals surface area contributed by atoms with Crippen molar-refractivity contribution in [2.75, 3.05) is 6.54 Å². The maximum atomic E-state index is 11.3. The van der Waals surface area contributed by atoms with Gasteiger partial charge < -0.3 is 20.1 Å². The van der Waals surface area contributed by atoms with Crippen LogP contribution in [-0.4, -0.2) is 35.9 Å². The summed E-state index contributed by atoms with van der Waals surface area (Å²) in [6.45, 7) is 8.09. The predicted molar refractivity (Wildman–Crippen MR) is 86.5 cm³/mol. The van der Waals surface area contributed by atoms with Gasteiger partial charge in [-0.1, -0.05) is 24.3 Å². The van der Waals surface area contributed by atoms with Crippen LogP contribution in [0.25, 0.3) is 6.08 Å². The Morgan fingerprint density at radius 3 is 2.27 bits per heavy atom. The Balaban J connectivity index is 2.36. The minimum atomic E-state index is -0.975. The summed E-state index contributed by atoms with van der Waals surface area (Å²) in [4.78, 5) is 11.3. The number of carboxylic acid groups (broad SMARTS) is 1. The van der Waals surface area contributed by atoms with Crippen LogP contribution in [0, 0.1) is 0 Å². The normalized spacial score (nSPS) is 20.2. The molecule has 22 heavy (non-hydrogen) atoms. The van der Waals surface area contributed by atoms with Crippen molar-refractivity contribution in [3.8, 4) is 0 Å². The van der Waals surface area contributed by atoms with Gasteiger partial charge in [0.1, 0.15) is 0 Å². The van der Waals surface area contributed by atoms with Gasteiger partial charge in [0, 0.05) is 6.54 Å². The Hall–Kier alpha value is -1.63. The zero-order chi connectivity index (χ0) is 16.5. The molecule has 1 saturated heterocycles. The average Bonchev–Trinajstić information content (AvgIpc) is 2.64. The number of hydrogen-bond acceptors (Lipinski definition) is 4. The van der Waals surface area contributed by atoms with Crippen molar-refractivity contribution in [2.24, 2.45) is 5.73 Å². The second-order valence-electron chi connectivity index (χ2n) is 6.40. The lowest BCUT2D eigenvalue weighted by Gasteiger charge is -2.32. The van der Waals surface area contributed by atoms with Crippen LogP contribution in [0.1, 0.15) is 43.6 Å². The first-order valence-corrected chi connectivity index (χ1v) is 7.26. The van der Waals surface area contributed by atoms with E-state index in [-0.39, 0.29) is 12.1 Å². The zero-order valence-corrected chi connectivity index (χ0v) is 13.4. The highest BCUT2D eigenvalue weighted by atomic mass is 16.7. The fourth-order valence-electron chi connectivity index (χ4n) is 2.23. The van der Waals surface area contributed by atoms with Crippen LogP contribution in [0.15, 0.2) is 29.7 Å². The van der Waals surface area contributed by atoms with E-state index in [9.17, 15) is 9.90 Å². The van der Waals surface area contributed by atoms with E-state index in [1.54, 1.807) is 30.3 Å². The molecule has 0 aliphatic carbocycles. The minimum absolute atomic E-state index is 0.227. The first kappa shape index (κ1) is 16.7. The number of carbonyl (C=O) groups is 1. The van der Waals surface area contributed by atoms with Gasteiger partial charge >= 0.3 is 13.1 Å². The summed E-state index contributed by atoms with van der Waals surface area (Å²) >= 11 is 0. The predicted octanol–water partition coefficient (Wildman–Crippen LogP) is 2.36. The molecule has 118 valence electrons. The molecule has 1 aromatic carbocycles. The van der Waals surface area contributed by atoms with Gasteiger partial charge in [0.05, 0.1) is 16.8 Å². The fourth-order valence-corrected chi connectivity index (χ4v) is 2.23. The third-order valence-electron chi connectivity index (χ3n) is 4.32. The van der Waals surface area contributed by atoms with Crippen LogP contribution in [0.5, 0.6) is 0 Å². The van der Waals surface area contributed by atoms with Crippen LogP contribution in [-0.2, 0) is 9.31 Å². The monoisotopic (exact) mass is 303 g/mol. The lowest BCUT2D eigenvalue weighted by molar-refractivity contribution is 0.00578. The number of aromatic carboxylic acids is 1. The van der Waals surface area contributed by atoms with Crippen LogP contribution in [0.2, 0.25) is 0 Å². The van der Waals surface area contributed by atoms with E-state index in [0.717, 1.165) is 0 Å². The molecule has 0 bridgehead atoms. The molecule has 1 aromatic rings. The molecule has 1 aliphatic heterocycles. The van der Waals surface area contributed by atoms with Crippen molar-refractivity contribution in [1.29, 1.82) is 0 Å². The van der Waals surface area contributed by atoms with Gasteiger partial charge in [-0.15, -0.1) is 0 Å². The van der Waals surface area contributed by atoms with E-state index in [4.69, 9.17) is 15.0 Å². The molecule has 0 radical (unpaired) electrons. The largest absolute Gasteiger partial charge is 0.491 e. The van der Waals surface area contributed by atoms with Crippen molar-refractivity contribution in [1.82, 2.24) is 0 Å². The van der Waals surface area contributed by atoms with E-state index in [1.165, 1.54) is 0 Å². The Bertz CT molecular complexity index is 594. The zero-order valence-electron chi connectivity index (χ0n) is 13.4.